The van der Waals surface area contributed by atoms with Gasteiger partial charge in [-0.3, -0.25) is 4.79 Å². The van der Waals surface area contributed by atoms with Crippen LogP contribution in [0.25, 0.3) is 11.3 Å². The fourth-order valence-corrected chi connectivity index (χ4v) is 3.51. The van der Waals surface area contributed by atoms with Gasteiger partial charge in [-0.05, 0) is 19.9 Å². The van der Waals surface area contributed by atoms with Gasteiger partial charge in [0.2, 0.25) is 5.91 Å². The van der Waals surface area contributed by atoms with Crippen LogP contribution in [-0.2, 0) is 4.79 Å². The fraction of sp³-hybridized carbons (Fsp3) is 0.176. The van der Waals surface area contributed by atoms with Crippen molar-refractivity contribution in [2.45, 2.75) is 24.1 Å². The van der Waals surface area contributed by atoms with Gasteiger partial charge < -0.3 is 5.32 Å². The van der Waals surface area contributed by atoms with Gasteiger partial charge in [-0.2, -0.15) is 0 Å². The third-order valence-electron chi connectivity index (χ3n) is 3.21. The SMILES string of the molecule is Cc1nc(S[C@H](C)C(=O)Nc2nccs2)cc(-c2ccccc2)n1. The highest BCUT2D eigenvalue weighted by atomic mass is 32.2. The third-order valence-corrected chi connectivity index (χ3v) is 4.92. The van der Waals surface area contributed by atoms with E-state index in [9.17, 15) is 4.79 Å². The Bertz CT molecular complexity index is 822. The first-order valence-corrected chi connectivity index (χ1v) is 9.16. The van der Waals surface area contributed by atoms with E-state index in [1.807, 2.05) is 55.6 Å². The summed E-state index contributed by atoms with van der Waals surface area (Å²) >= 11 is 2.81. The van der Waals surface area contributed by atoms with Crippen molar-refractivity contribution in [3.8, 4) is 11.3 Å². The number of amides is 1. The van der Waals surface area contributed by atoms with Crippen molar-refractivity contribution < 1.29 is 4.79 Å². The van der Waals surface area contributed by atoms with Crippen LogP contribution in [0.2, 0.25) is 0 Å². The zero-order valence-electron chi connectivity index (χ0n) is 13.3. The van der Waals surface area contributed by atoms with Crippen LogP contribution in [0.5, 0.6) is 0 Å². The van der Waals surface area contributed by atoms with Gasteiger partial charge in [-0.15, -0.1) is 11.3 Å². The molecule has 2 aromatic heterocycles. The van der Waals surface area contributed by atoms with E-state index in [0.717, 1.165) is 16.3 Å². The summed E-state index contributed by atoms with van der Waals surface area (Å²) in [6, 6.07) is 11.9. The van der Waals surface area contributed by atoms with E-state index in [1.165, 1.54) is 23.1 Å². The Kier molecular flexibility index (Phi) is 5.22. The van der Waals surface area contributed by atoms with Gasteiger partial charge >= 0.3 is 0 Å². The Hall–Kier alpha value is -2.25. The molecule has 2 heterocycles. The summed E-state index contributed by atoms with van der Waals surface area (Å²) in [6.45, 7) is 3.71. The number of aromatic nitrogens is 3. The molecule has 122 valence electrons. The Morgan fingerprint density at radius 3 is 2.75 bits per heavy atom. The van der Waals surface area contributed by atoms with E-state index in [-0.39, 0.29) is 11.2 Å². The molecule has 1 aromatic carbocycles. The number of carbonyl (C=O) groups excluding carboxylic acids is 1. The zero-order valence-corrected chi connectivity index (χ0v) is 14.9. The predicted octanol–water partition coefficient (Wildman–Crippen LogP) is 4.03. The molecule has 0 bridgehead atoms. The first-order chi connectivity index (χ1) is 11.6. The molecule has 0 saturated heterocycles. The van der Waals surface area contributed by atoms with Crippen LogP contribution in [0.15, 0.2) is 53.0 Å². The predicted molar refractivity (Wildman–Crippen MR) is 98.3 cm³/mol. The van der Waals surface area contributed by atoms with Gasteiger partial charge in [0, 0.05) is 17.1 Å². The maximum Gasteiger partial charge on any atom is 0.239 e. The molecule has 0 spiro atoms. The van der Waals surface area contributed by atoms with E-state index >= 15 is 0 Å². The lowest BCUT2D eigenvalue weighted by Crippen LogP contribution is -2.22. The molecule has 1 atom stereocenters. The molecular weight excluding hydrogens is 340 g/mol. The van der Waals surface area contributed by atoms with Crippen molar-refractivity contribution in [1.29, 1.82) is 0 Å². The van der Waals surface area contributed by atoms with Gasteiger partial charge in [0.25, 0.3) is 0 Å². The van der Waals surface area contributed by atoms with E-state index in [4.69, 9.17) is 0 Å². The van der Waals surface area contributed by atoms with Gasteiger partial charge in [0.15, 0.2) is 5.13 Å². The first-order valence-electron chi connectivity index (χ1n) is 7.40. The van der Waals surface area contributed by atoms with Gasteiger partial charge in [-0.25, -0.2) is 15.0 Å². The zero-order chi connectivity index (χ0) is 16.9. The molecule has 1 amide bonds. The number of anilines is 1. The van der Waals surface area contributed by atoms with Crippen LogP contribution in [0.4, 0.5) is 5.13 Å². The quantitative estimate of drug-likeness (QED) is 0.552. The molecule has 0 fully saturated rings. The molecule has 3 rings (SSSR count). The fourth-order valence-electron chi connectivity index (χ4n) is 2.08. The van der Waals surface area contributed by atoms with Crippen molar-refractivity contribution in [1.82, 2.24) is 15.0 Å². The van der Waals surface area contributed by atoms with Crippen LogP contribution in [0.3, 0.4) is 0 Å². The molecule has 0 radical (unpaired) electrons. The summed E-state index contributed by atoms with van der Waals surface area (Å²) in [7, 11) is 0. The number of hydrogen-bond acceptors (Lipinski definition) is 6. The number of nitrogens with zero attached hydrogens (tertiary/aromatic N) is 3. The molecule has 0 aliphatic heterocycles. The minimum Gasteiger partial charge on any atom is -0.301 e. The highest BCUT2D eigenvalue weighted by molar-refractivity contribution is 8.00. The highest BCUT2D eigenvalue weighted by Gasteiger charge is 2.17. The van der Waals surface area contributed by atoms with Crippen molar-refractivity contribution >= 4 is 34.1 Å². The minimum absolute atomic E-state index is 0.0903. The summed E-state index contributed by atoms with van der Waals surface area (Å²) in [5, 5.41) is 5.74. The molecule has 24 heavy (non-hydrogen) atoms. The number of hydrogen-bond donors (Lipinski definition) is 1. The maximum atomic E-state index is 12.2. The van der Waals surface area contributed by atoms with Crippen LogP contribution >= 0.6 is 23.1 Å². The van der Waals surface area contributed by atoms with Crippen molar-refractivity contribution in [3.05, 3.63) is 53.8 Å². The summed E-state index contributed by atoms with van der Waals surface area (Å²) in [6.07, 6.45) is 1.66. The molecule has 5 nitrogen and oxygen atoms in total. The second-order valence-corrected chi connectivity index (χ2v) is 7.35. The Labute approximate surface area is 148 Å². The van der Waals surface area contributed by atoms with Crippen molar-refractivity contribution in [2.75, 3.05) is 5.32 Å². The van der Waals surface area contributed by atoms with Gasteiger partial charge in [-0.1, -0.05) is 42.1 Å². The molecule has 0 aliphatic rings. The number of thiazole rings is 1. The molecule has 1 N–H and O–H groups in total. The average molecular weight is 356 g/mol. The standard InChI is InChI=1S/C17H16N4OS2/c1-11(16(22)21-17-18-8-9-23-17)24-15-10-14(19-12(2)20-15)13-6-4-3-5-7-13/h3-11H,1-2H3,(H,18,21,22)/t11-/m1/s1. The monoisotopic (exact) mass is 356 g/mol. The number of thioether (sulfide) groups is 1. The van der Waals surface area contributed by atoms with Gasteiger partial charge in [0.05, 0.1) is 10.9 Å². The summed E-state index contributed by atoms with van der Waals surface area (Å²) < 4.78 is 0. The lowest BCUT2D eigenvalue weighted by atomic mass is 10.1. The number of carbonyl (C=O) groups is 1. The van der Waals surface area contributed by atoms with Crippen molar-refractivity contribution in [3.63, 3.8) is 0 Å². The van der Waals surface area contributed by atoms with E-state index < -0.39 is 0 Å². The normalized spacial score (nSPS) is 11.9. The third kappa shape index (κ3) is 4.18. The number of benzene rings is 1. The van der Waals surface area contributed by atoms with Crippen LogP contribution in [0.1, 0.15) is 12.7 Å². The topological polar surface area (TPSA) is 67.8 Å². The van der Waals surface area contributed by atoms with Crippen molar-refractivity contribution in [2.24, 2.45) is 0 Å². The number of nitrogens with one attached hydrogen (secondary N) is 1. The minimum atomic E-state index is -0.285. The molecule has 0 saturated carbocycles. The Morgan fingerprint density at radius 1 is 1.25 bits per heavy atom. The lowest BCUT2D eigenvalue weighted by Gasteiger charge is -2.11. The first kappa shape index (κ1) is 16.6. The largest absolute Gasteiger partial charge is 0.301 e. The van der Waals surface area contributed by atoms with E-state index in [0.29, 0.717) is 11.0 Å². The summed E-state index contributed by atoms with van der Waals surface area (Å²) in [5.74, 6) is 0.596. The second kappa shape index (κ2) is 7.55. The van der Waals surface area contributed by atoms with Gasteiger partial charge in [0.1, 0.15) is 10.9 Å². The molecule has 0 unspecified atom stereocenters. The molecular formula is C17H16N4OS2. The lowest BCUT2D eigenvalue weighted by molar-refractivity contribution is -0.115. The average Bonchev–Trinajstić information content (AvgIpc) is 3.08. The maximum absolute atomic E-state index is 12.2. The smallest absolute Gasteiger partial charge is 0.239 e. The van der Waals surface area contributed by atoms with E-state index in [2.05, 4.69) is 20.3 Å². The van der Waals surface area contributed by atoms with E-state index in [1.54, 1.807) is 6.20 Å². The molecule has 7 heteroatoms. The summed E-state index contributed by atoms with van der Waals surface area (Å²) in [5.41, 5.74) is 1.89. The van der Waals surface area contributed by atoms with Crippen LogP contribution in [0, 0.1) is 6.92 Å². The molecule has 3 aromatic rings. The number of rotatable bonds is 5. The van der Waals surface area contributed by atoms with Crippen LogP contribution in [-0.4, -0.2) is 26.1 Å². The molecule has 0 aliphatic carbocycles. The Balaban J connectivity index is 1.75. The van der Waals surface area contributed by atoms with Crippen LogP contribution < -0.4 is 5.32 Å². The highest BCUT2D eigenvalue weighted by Crippen LogP contribution is 2.26. The Morgan fingerprint density at radius 2 is 2.04 bits per heavy atom. The summed E-state index contributed by atoms with van der Waals surface area (Å²) in [4.78, 5) is 25.2. The second-order valence-electron chi connectivity index (χ2n) is 5.09. The number of aryl methyl sites for hydroxylation is 1.